The average Bonchev–Trinajstić information content (AvgIpc) is 3.34. The summed E-state index contributed by atoms with van der Waals surface area (Å²) in [6.07, 6.45) is 60.3. The summed E-state index contributed by atoms with van der Waals surface area (Å²) < 4.78 is 0. The molecule has 0 heterocycles. The topological polar surface area (TPSA) is 156 Å². The predicted octanol–water partition coefficient (Wildman–Crippen LogP) is 18.4. The Kier molecular flexibility index (Phi) is 61.9. The van der Waals surface area contributed by atoms with E-state index in [4.69, 9.17) is 10.2 Å². The SMILES string of the molecule is CCCCCCCCCC(=O)O.CCCCCCCCCC(=O)O.CCCCCCCCCCCCCCCCCCC(O)(CCCCCCCCCCCCCCCCCC)C(CO)(CO)CO. The van der Waals surface area contributed by atoms with Crippen LogP contribution in [0.5, 0.6) is 0 Å². The first-order valence-corrected chi connectivity index (χ1v) is 30.6. The Morgan fingerprint density at radius 2 is 0.435 bits per heavy atom. The molecule has 0 rings (SSSR count). The van der Waals surface area contributed by atoms with Crippen LogP contribution >= 0.6 is 0 Å². The van der Waals surface area contributed by atoms with Crippen LogP contribution in [0.4, 0.5) is 0 Å². The van der Waals surface area contributed by atoms with Gasteiger partial charge in [0.2, 0.25) is 0 Å². The number of hydrogen-bond donors (Lipinski definition) is 6. The molecule has 8 nitrogen and oxygen atoms in total. The second-order valence-electron chi connectivity index (χ2n) is 21.4. The molecule has 0 radical (unpaired) electrons. The lowest BCUT2D eigenvalue weighted by Gasteiger charge is -2.44. The van der Waals surface area contributed by atoms with Gasteiger partial charge in [-0.25, -0.2) is 0 Å². The standard InChI is InChI=1S/C41H84O4.2C10H20O2/c1-3-5-7-9-11-13-15-17-19-21-23-25-27-29-31-33-35-41(45,40(37-42,38-43)39-44)36-34-32-30-28-26-24-22-20-18-16-14-12-10-8-6-4-2;2*1-2-3-4-5-6-7-8-9-10(11)12/h42-45H,3-39H2,1-2H3;2*2-9H2,1H3,(H,11,12). The molecule has 0 fully saturated rings. The maximum absolute atomic E-state index is 11.7. The lowest BCUT2D eigenvalue weighted by Crippen LogP contribution is -2.55. The van der Waals surface area contributed by atoms with E-state index in [1.807, 2.05) is 0 Å². The maximum Gasteiger partial charge on any atom is 0.303 e. The van der Waals surface area contributed by atoms with E-state index in [0.29, 0.717) is 25.7 Å². The summed E-state index contributed by atoms with van der Waals surface area (Å²) in [5.74, 6) is -1.33. The highest BCUT2D eigenvalue weighted by atomic mass is 16.4. The molecule has 0 aliphatic rings. The zero-order valence-corrected chi connectivity index (χ0v) is 47.0. The second-order valence-corrected chi connectivity index (χ2v) is 21.4. The van der Waals surface area contributed by atoms with Crippen molar-refractivity contribution >= 4 is 11.9 Å². The molecule has 0 atom stereocenters. The van der Waals surface area contributed by atoms with Crippen molar-refractivity contribution in [3.63, 3.8) is 0 Å². The molecule has 6 N–H and O–H groups in total. The number of carboxylic acids is 2. The predicted molar refractivity (Wildman–Crippen MR) is 297 cm³/mol. The number of aliphatic hydroxyl groups excluding tert-OH is 3. The van der Waals surface area contributed by atoms with Gasteiger partial charge >= 0.3 is 11.9 Å². The Balaban J connectivity index is -0.00000146. The van der Waals surface area contributed by atoms with Gasteiger partial charge in [0.1, 0.15) is 0 Å². The number of aliphatic carboxylic acids is 2. The summed E-state index contributed by atoms with van der Waals surface area (Å²) in [6.45, 7) is 7.82. The molecule has 0 saturated carbocycles. The Morgan fingerprint density at radius 3 is 0.594 bits per heavy atom. The van der Waals surface area contributed by atoms with Gasteiger partial charge in [0.25, 0.3) is 0 Å². The van der Waals surface area contributed by atoms with Crippen LogP contribution in [0.3, 0.4) is 0 Å². The van der Waals surface area contributed by atoms with E-state index in [9.17, 15) is 30.0 Å². The van der Waals surface area contributed by atoms with Crippen molar-refractivity contribution in [1.82, 2.24) is 0 Å². The van der Waals surface area contributed by atoms with Crippen LogP contribution in [-0.2, 0) is 9.59 Å². The third kappa shape index (κ3) is 52.9. The normalized spacial score (nSPS) is 11.6. The molecule has 0 aromatic carbocycles. The van der Waals surface area contributed by atoms with Gasteiger partial charge in [0.05, 0.1) is 30.8 Å². The minimum Gasteiger partial charge on any atom is -0.481 e. The van der Waals surface area contributed by atoms with Crippen molar-refractivity contribution in [3.05, 3.63) is 0 Å². The van der Waals surface area contributed by atoms with Crippen LogP contribution in [-0.4, -0.2) is 68.0 Å². The molecular weight excluding hydrogens is 861 g/mol. The molecule has 0 amide bonds. The summed E-state index contributed by atoms with van der Waals surface area (Å²) >= 11 is 0. The number of rotatable bonds is 54. The fraction of sp³-hybridized carbons (Fsp3) is 0.967. The maximum atomic E-state index is 11.7. The van der Waals surface area contributed by atoms with E-state index in [1.54, 1.807) is 0 Å². The summed E-state index contributed by atoms with van der Waals surface area (Å²) in [5.41, 5.74) is -2.44. The molecule has 0 spiro atoms. The van der Waals surface area contributed by atoms with Crippen molar-refractivity contribution < 1.29 is 40.2 Å². The smallest absolute Gasteiger partial charge is 0.303 e. The molecule has 0 bridgehead atoms. The molecule has 0 aromatic heterocycles. The Morgan fingerprint density at radius 1 is 0.275 bits per heavy atom. The number of hydrogen-bond acceptors (Lipinski definition) is 6. The lowest BCUT2D eigenvalue weighted by atomic mass is 9.68. The largest absolute Gasteiger partial charge is 0.481 e. The fourth-order valence-electron chi connectivity index (χ4n) is 9.64. The van der Waals surface area contributed by atoms with E-state index in [1.165, 1.54) is 244 Å². The zero-order chi connectivity index (χ0) is 51.6. The van der Waals surface area contributed by atoms with E-state index in [0.717, 1.165) is 51.4 Å². The summed E-state index contributed by atoms with van der Waals surface area (Å²) in [4.78, 5) is 20.3. The summed E-state index contributed by atoms with van der Waals surface area (Å²) in [6, 6.07) is 0. The zero-order valence-electron chi connectivity index (χ0n) is 47.0. The highest BCUT2D eigenvalue weighted by Gasteiger charge is 2.48. The fourth-order valence-corrected chi connectivity index (χ4v) is 9.64. The van der Waals surface area contributed by atoms with Crippen LogP contribution < -0.4 is 0 Å². The van der Waals surface area contributed by atoms with Gasteiger partial charge in [-0.3, -0.25) is 9.59 Å². The van der Waals surface area contributed by atoms with Crippen molar-refractivity contribution in [2.45, 2.75) is 354 Å². The third-order valence-corrected chi connectivity index (χ3v) is 14.8. The van der Waals surface area contributed by atoms with E-state index >= 15 is 0 Å². The first kappa shape index (κ1) is 72.0. The molecule has 0 aliphatic heterocycles. The summed E-state index contributed by atoms with van der Waals surface area (Å²) in [7, 11) is 0. The minimum absolute atomic E-state index is 0.341. The quantitative estimate of drug-likeness (QED) is 0.0329. The Labute approximate surface area is 430 Å². The van der Waals surface area contributed by atoms with Crippen LogP contribution in [0.2, 0.25) is 0 Å². The number of aliphatic hydroxyl groups is 4. The van der Waals surface area contributed by atoms with Crippen LogP contribution in [0.25, 0.3) is 0 Å². The molecule has 0 aliphatic carbocycles. The third-order valence-electron chi connectivity index (χ3n) is 14.8. The van der Waals surface area contributed by atoms with Crippen LogP contribution in [0.1, 0.15) is 349 Å². The second kappa shape index (κ2) is 59.3. The Bertz CT molecular complexity index is 913. The molecule has 8 heteroatoms. The van der Waals surface area contributed by atoms with Gasteiger partial charge in [-0.1, -0.05) is 310 Å². The van der Waals surface area contributed by atoms with Crippen LogP contribution in [0.15, 0.2) is 0 Å². The summed E-state index contributed by atoms with van der Waals surface area (Å²) in [5, 5.41) is 58.7. The lowest BCUT2D eigenvalue weighted by molar-refractivity contribution is -0.162. The van der Waals surface area contributed by atoms with E-state index in [-0.39, 0.29) is 19.8 Å². The highest BCUT2D eigenvalue weighted by molar-refractivity contribution is 5.66. The number of unbranched alkanes of at least 4 members (excludes halogenated alkanes) is 42. The number of carbonyl (C=O) groups is 2. The molecule has 0 saturated heterocycles. The first-order chi connectivity index (χ1) is 33.6. The molecular formula is C61H124O8. The molecule has 416 valence electrons. The van der Waals surface area contributed by atoms with Crippen LogP contribution in [0, 0.1) is 5.41 Å². The van der Waals surface area contributed by atoms with E-state index in [2.05, 4.69) is 27.7 Å². The Hall–Kier alpha value is -1.22. The van der Waals surface area contributed by atoms with Crippen molar-refractivity contribution in [3.8, 4) is 0 Å². The van der Waals surface area contributed by atoms with Crippen molar-refractivity contribution in [1.29, 1.82) is 0 Å². The van der Waals surface area contributed by atoms with E-state index < -0.39 is 23.0 Å². The molecule has 0 unspecified atom stereocenters. The van der Waals surface area contributed by atoms with Gasteiger partial charge in [-0.2, -0.15) is 0 Å². The van der Waals surface area contributed by atoms with Gasteiger partial charge in [0.15, 0.2) is 0 Å². The molecule has 69 heavy (non-hydrogen) atoms. The van der Waals surface area contributed by atoms with Gasteiger partial charge < -0.3 is 30.6 Å². The average molecular weight is 986 g/mol. The van der Waals surface area contributed by atoms with Crippen molar-refractivity contribution in [2.24, 2.45) is 5.41 Å². The highest BCUT2D eigenvalue weighted by Crippen LogP contribution is 2.39. The monoisotopic (exact) mass is 985 g/mol. The molecule has 0 aromatic rings. The van der Waals surface area contributed by atoms with Gasteiger partial charge in [0, 0.05) is 12.8 Å². The number of carboxylic acid groups (broad SMARTS) is 2. The minimum atomic E-state index is -1.22. The van der Waals surface area contributed by atoms with Gasteiger partial charge in [-0.15, -0.1) is 0 Å². The van der Waals surface area contributed by atoms with Gasteiger partial charge in [-0.05, 0) is 25.7 Å². The van der Waals surface area contributed by atoms with Crippen molar-refractivity contribution in [2.75, 3.05) is 19.8 Å². The first-order valence-electron chi connectivity index (χ1n) is 30.6.